The number of piperidine rings is 1. The Morgan fingerprint density at radius 2 is 2.07 bits per heavy atom. The molecule has 0 bridgehead atoms. The van der Waals surface area contributed by atoms with Crippen molar-refractivity contribution in [3.63, 3.8) is 0 Å². The first-order valence-corrected chi connectivity index (χ1v) is 9.99. The molecular weight excluding hydrogens is 354 g/mol. The van der Waals surface area contributed by atoms with E-state index in [4.69, 9.17) is 9.47 Å². The maximum absolute atomic E-state index is 12.9. The highest BCUT2D eigenvalue weighted by atomic mass is 16.5. The van der Waals surface area contributed by atoms with Crippen LogP contribution in [0.15, 0.2) is 42.9 Å². The van der Waals surface area contributed by atoms with Crippen LogP contribution in [0.25, 0.3) is 0 Å². The van der Waals surface area contributed by atoms with Gasteiger partial charge in [-0.15, -0.1) is 0 Å². The van der Waals surface area contributed by atoms with E-state index in [0.29, 0.717) is 25.0 Å². The van der Waals surface area contributed by atoms with Crippen LogP contribution in [0.2, 0.25) is 0 Å². The molecule has 0 aliphatic carbocycles. The molecule has 0 saturated carbocycles. The Balaban J connectivity index is 1.40. The van der Waals surface area contributed by atoms with Crippen LogP contribution in [-0.4, -0.2) is 53.7 Å². The zero-order valence-electron chi connectivity index (χ0n) is 16.3. The van der Waals surface area contributed by atoms with Crippen LogP contribution in [0.4, 0.5) is 0 Å². The molecule has 1 aromatic heterocycles. The van der Waals surface area contributed by atoms with E-state index in [9.17, 15) is 4.79 Å². The van der Waals surface area contributed by atoms with Crippen molar-refractivity contribution in [1.29, 1.82) is 0 Å². The van der Waals surface area contributed by atoms with Crippen LogP contribution in [0.3, 0.4) is 0 Å². The van der Waals surface area contributed by atoms with Crippen molar-refractivity contribution in [2.75, 3.05) is 32.9 Å². The molecule has 0 radical (unpaired) electrons. The molecular formula is C22H27N3O3. The molecule has 0 N–H and O–H groups in total. The number of amides is 1. The minimum atomic E-state index is 0.146. The van der Waals surface area contributed by atoms with Gasteiger partial charge in [0.2, 0.25) is 5.88 Å². The lowest BCUT2D eigenvalue weighted by Gasteiger charge is -2.48. The number of likely N-dealkylation sites (tertiary alicyclic amines) is 1. The fraction of sp³-hybridized carbons (Fsp3) is 0.500. The number of ether oxygens (including phenoxy) is 2. The fourth-order valence-corrected chi connectivity index (χ4v) is 4.45. The van der Waals surface area contributed by atoms with Crippen molar-refractivity contribution in [3.05, 3.63) is 54.0 Å². The van der Waals surface area contributed by atoms with E-state index < -0.39 is 0 Å². The third-order valence-electron chi connectivity index (χ3n) is 6.32. The van der Waals surface area contributed by atoms with E-state index in [0.717, 1.165) is 50.1 Å². The van der Waals surface area contributed by atoms with Crippen molar-refractivity contribution in [2.45, 2.75) is 26.2 Å². The average Bonchev–Trinajstić information content (AvgIpc) is 2.74. The van der Waals surface area contributed by atoms with Crippen molar-refractivity contribution in [3.8, 4) is 5.88 Å². The highest BCUT2D eigenvalue weighted by molar-refractivity contribution is 5.95. The van der Waals surface area contributed by atoms with E-state index >= 15 is 0 Å². The lowest BCUT2D eigenvalue weighted by atomic mass is 9.66. The first-order chi connectivity index (χ1) is 13.7. The molecule has 2 saturated heterocycles. The van der Waals surface area contributed by atoms with E-state index in [1.165, 1.54) is 0 Å². The smallest absolute Gasteiger partial charge is 0.254 e. The van der Waals surface area contributed by atoms with Crippen molar-refractivity contribution in [2.24, 2.45) is 11.3 Å². The lowest BCUT2D eigenvalue weighted by molar-refractivity contribution is -0.0826. The van der Waals surface area contributed by atoms with Gasteiger partial charge in [-0.05, 0) is 43.2 Å². The maximum Gasteiger partial charge on any atom is 0.254 e. The average molecular weight is 381 g/mol. The third kappa shape index (κ3) is 3.87. The van der Waals surface area contributed by atoms with Gasteiger partial charge in [-0.1, -0.05) is 18.2 Å². The summed E-state index contributed by atoms with van der Waals surface area (Å²) in [6.45, 7) is 5.63. The van der Waals surface area contributed by atoms with Gasteiger partial charge in [0.1, 0.15) is 0 Å². The first-order valence-electron chi connectivity index (χ1n) is 9.99. The second-order valence-electron chi connectivity index (χ2n) is 7.85. The summed E-state index contributed by atoms with van der Waals surface area (Å²) >= 11 is 0. The van der Waals surface area contributed by atoms with Gasteiger partial charge >= 0.3 is 0 Å². The molecule has 2 aliphatic heterocycles. The van der Waals surface area contributed by atoms with Gasteiger partial charge in [0, 0.05) is 43.6 Å². The standard InChI is InChI=1S/C22H27N3O3/c1-17-4-2-3-5-19(17)21(26)25-11-6-22(7-12-25)8-13-27-15-18(22)16-28-20-14-23-9-10-24-20/h2-5,9-10,14,18H,6-8,11-13,15-16H2,1H3/t18-/m1/s1. The Kier molecular flexibility index (Phi) is 5.57. The van der Waals surface area contributed by atoms with Gasteiger partial charge in [-0.3, -0.25) is 9.78 Å². The van der Waals surface area contributed by atoms with Gasteiger partial charge in [0.15, 0.2) is 0 Å². The molecule has 1 aromatic carbocycles. The predicted octanol–water partition coefficient (Wildman–Crippen LogP) is 3.12. The molecule has 3 heterocycles. The molecule has 1 spiro atoms. The largest absolute Gasteiger partial charge is 0.476 e. The maximum atomic E-state index is 12.9. The SMILES string of the molecule is Cc1ccccc1C(=O)N1CCC2(CCOC[C@@H]2COc2cnccn2)CC1. The zero-order chi connectivity index (χ0) is 19.4. The minimum Gasteiger partial charge on any atom is -0.476 e. The molecule has 0 unspecified atom stereocenters. The van der Waals surface area contributed by atoms with Crippen molar-refractivity contribution in [1.82, 2.24) is 14.9 Å². The molecule has 1 amide bonds. The second kappa shape index (κ2) is 8.27. The van der Waals surface area contributed by atoms with Gasteiger partial charge in [0.25, 0.3) is 5.91 Å². The number of carbonyl (C=O) groups is 1. The predicted molar refractivity (Wildman–Crippen MR) is 105 cm³/mol. The Morgan fingerprint density at radius 1 is 1.25 bits per heavy atom. The van der Waals surface area contributed by atoms with E-state index in [-0.39, 0.29) is 11.3 Å². The summed E-state index contributed by atoms with van der Waals surface area (Å²) < 4.78 is 11.7. The molecule has 2 aromatic rings. The fourth-order valence-electron chi connectivity index (χ4n) is 4.45. The van der Waals surface area contributed by atoms with E-state index in [2.05, 4.69) is 9.97 Å². The summed E-state index contributed by atoms with van der Waals surface area (Å²) in [7, 11) is 0. The summed E-state index contributed by atoms with van der Waals surface area (Å²) in [4.78, 5) is 23.2. The molecule has 148 valence electrons. The molecule has 1 atom stereocenters. The Morgan fingerprint density at radius 3 is 2.82 bits per heavy atom. The Labute approximate surface area is 165 Å². The summed E-state index contributed by atoms with van der Waals surface area (Å²) in [5, 5.41) is 0. The molecule has 2 aliphatic rings. The molecule has 4 rings (SSSR count). The topological polar surface area (TPSA) is 64.6 Å². The van der Waals surface area contributed by atoms with Gasteiger partial charge in [-0.2, -0.15) is 0 Å². The highest BCUT2D eigenvalue weighted by Crippen LogP contribution is 2.45. The summed E-state index contributed by atoms with van der Waals surface area (Å²) in [5.41, 5.74) is 2.02. The number of rotatable bonds is 4. The van der Waals surface area contributed by atoms with Gasteiger partial charge < -0.3 is 14.4 Å². The Hall–Kier alpha value is -2.47. The summed E-state index contributed by atoms with van der Waals surface area (Å²) in [6.07, 6.45) is 7.91. The third-order valence-corrected chi connectivity index (χ3v) is 6.32. The zero-order valence-corrected chi connectivity index (χ0v) is 16.3. The van der Waals surface area contributed by atoms with Crippen molar-refractivity contribution < 1.29 is 14.3 Å². The van der Waals surface area contributed by atoms with Crippen LogP contribution in [0.1, 0.15) is 35.2 Å². The number of benzene rings is 1. The normalized spacial score (nSPS) is 21.5. The first kappa shape index (κ1) is 18.9. The quantitative estimate of drug-likeness (QED) is 0.814. The molecule has 2 fully saturated rings. The molecule has 6 heteroatoms. The van der Waals surface area contributed by atoms with E-state index in [1.807, 2.05) is 36.1 Å². The highest BCUT2D eigenvalue weighted by Gasteiger charge is 2.44. The molecule has 6 nitrogen and oxygen atoms in total. The number of aryl methyl sites for hydroxylation is 1. The summed E-state index contributed by atoms with van der Waals surface area (Å²) in [5.74, 6) is 1.00. The van der Waals surface area contributed by atoms with Gasteiger partial charge in [0.05, 0.1) is 19.4 Å². The number of nitrogens with zero attached hydrogens (tertiary/aromatic N) is 3. The van der Waals surface area contributed by atoms with Crippen LogP contribution in [0, 0.1) is 18.3 Å². The van der Waals surface area contributed by atoms with Crippen LogP contribution >= 0.6 is 0 Å². The molecule has 28 heavy (non-hydrogen) atoms. The number of carbonyl (C=O) groups excluding carboxylic acids is 1. The minimum absolute atomic E-state index is 0.146. The van der Waals surface area contributed by atoms with Gasteiger partial charge in [-0.25, -0.2) is 4.98 Å². The Bertz CT molecular complexity index is 804. The van der Waals surface area contributed by atoms with Crippen LogP contribution in [-0.2, 0) is 4.74 Å². The summed E-state index contributed by atoms with van der Waals surface area (Å²) in [6, 6.07) is 7.83. The van der Waals surface area contributed by atoms with Crippen LogP contribution < -0.4 is 4.74 Å². The van der Waals surface area contributed by atoms with Crippen LogP contribution in [0.5, 0.6) is 5.88 Å². The number of aromatic nitrogens is 2. The van der Waals surface area contributed by atoms with E-state index in [1.54, 1.807) is 18.6 Å². The number of hydrogen-bond donors (Lipinski definition) is 0. The second-order valence-corrected chi connectivity index (χ2v) is 7.85. The van der Waals surface area contributed by atoms with Crippen molar-refractivity contribution >= 4 is 5.91 Å². The lowest BCUT2D eigenvalue weighted by Crippen LogP contribution is -2.51. The number of hydrogen-bond acceptors (Lipinski definition) is 5. The monoisotopic (exact) mass is 381 g/mol.